The molecular weight excluding hydrogens is 356 g/mol. The third-order valence-electron chi connectivity index (χ3n) is 4.29. The number of nitrogens with one attached hydrogen (secondary N) is 1. The van der Waals surface area contributed by atoms with Crippen LogP contribution in [-0.2, 0) is 6.54 Å². The minimum absolute atomic E-state index is 0.165. The molecule has 1 aliphatic heterocycles. The zero-order valence-corrected chi connectivity index (χ0v) is 15.4. The fourth-order valence-corrected chi connectivity index (χ4v) is 4.56. The molecule has 0 unspecified atom stereocenters. The lowest BCUT2D eigenvalue weighted by atomic mass is 10.2. The fourth-order valence-electron chi connectivity index (χ4n) is 3.24. The number of thioether (sulfide) groups is 1. The molecule has 2 heterocycles. The van der Waals surface area contributed by atoms with E-state index in [9.17, 15) is 4.79 Å². The Labute approximate surface area is 155 Å². The Hall–Kier alpha value is -2.11. The molecule has 1 aliphatic rings. The number of hydrogen-bond donors (Lipinski definition) is 1. The molecule has 1 N–H and O–H groups in total. The molecule has 0 saturated heterocycles. The van der Waals surface area contributed by atoms with Crippen LogP contribution in [0.2, 0.25) is 5.02 Å². The summed E-state index contributed by atoms with van der Waals surface area (Å²) in [6.07, 6.45) is 0. The number of anilines is 1. The first kappa shape index (κ1) is 16.4. The van der Waals surface area contributed by atoms with E-state index in [2.05, 4.69) is 22.9 Å². The van der Waals surface area contributed by atoms with Gasteiger partial charge < -0.3 is 14.6 Å². The normalized spacial score (nSPS) is 16.0. The van der Waals surface area contributed by atoms with Crippen molar-refractivity contribution in [1.29, 1.82) is 0 Å². The molecule has 128 valence electrons. The van der Waals surface area contributed by atoms with Gasteiger partial charge in [-0.3, -0.25) is 4.79 Å². The average Bonchev–Trinajstić information content (AvgIpc) is 2.95. The van der Waals surface area contributed by atoms with Crippen molar-refractivity contribution in [3.8, 4) is 5.75 Å². The molecule has 25 heavy (non-hydrogen) atoms. The molecule has 0 spiro atoms. The highest BCUT2D eigenvalue weighted by Gasteiger charge is 2.24. The highest BCUT2D eigenvalue weighted by atomic mass is 35.5. The van der Waals surface area contributed by atoms with Gasteiger partial charge in [-0.05, 0) is 30.3 Å². The number of carbonyl (C=O) groups is 1. The van der Waals surface area contributed by atoms with Gasteiger partial charge in [0.2, 0.25) is 0 Å². The van der Waals surface area contributed by atoms with Crippen molar-refractivity contribution in [2.75, 3.05) is 12.4 Å². The van der Waals surface area contributed by atoms with Gasteiger partial charge in [-0.1, -0.05) is 30.7 Å². The number of nitrogens with zero attached hydrogens (tertiary/aromatic N) is 1. The SMILES string of the molecule is COc1ccc(Cl)cc1NC(=O)c1cc2cccc3c2n1C[C@H](C)S3. The first-order chi connectivity index (χ1) is 12.1. The van der Waals surface area contributed by atoms with Crippen LogP contribution in [0, 0.1) is 0 Å². The second kappa shape index (κ2) is 6.32. The Bertz CT molecular complexity index is 983. The first-order valence-corrected chi connectivity index (χ1v) is 9.26. The van der Waals surface area contributed by atoms with Crippen molar-refractivity contribution in [2.24, 2.45) is 0 Å². The van der Waals surface area contributed by atoms with Gasteiger partial charge in [0.1, 0.15) is 11.4 Å². The van der Waals surface area contributed by atoms with Crippen molar-refractivity contribution in [1.82, 2.24) is 4.57 Å². The van der Waals surface area contributed by atoms with E-state index < -0.39 is 0 Å². The molecule has 3 aromatic rings. The highest BCUT2D eigenvalue weighted by molar-refractivity contribution is 8.00. The number of amides is 1. The Morgan fingerprint density at radius 1 is 1.32 bits per heavy atom. The average molecular weight is 373 g/mol. The van der Waals surface area contributed by atoms with Crippen molar-refractivity contribution >= 4 is 45.9 Å². The molecule has 1 aromatic heterocycles. The molecule has 0 saturated carbocycles. The number of carbonyl (C=O) groups excluding carboxylic acids is 1. The maximum Gasteiger partial charge on any atom is 0.272 e. The van der Waals surface area contributed by atoms with Gasteiger partial charge in [0.25, 0.3) is 5.91 Å². The van der Waals surface area contributed by atoms with Gasteiger partial charge in [0, 0.05) is 27.1 Å². The third kappa shape index (κ3) is 2.87. The van der Waals surface area contributed by atoms with Crippen LogP contribution >= 0.6 is 23.4 Å². The van der Waals surface area contributed by atoms with E-state index >= 15 is 0 Å². The van der Waals surface area contributed by atoms with E-state index in [4.69, 9.17) is 16.3 Å². The summed E-state index contributed by atoms with van der Waals surface area (Å²) < 4.78 is 7.43. The number of ether oxygens (including phenoxy) is 1. The van der Waals surface area contributed by atoms with E-state index in [0.29, 0.717) is 27.4 Å². The van der Waals surface area contributed by atoms with Crippen molar-refractivity contribution in [3.05, 3.63) is 53.2 Å². The standard InChI is InChI=1S/C19H17ClN2O2S/c1-11-10-22-15(8-12-4-3-5-17(25-11)18(12)22)19(23)21-14-9-13(20)6-7-16(14)24-2/h3-9,11H,10H2,1-2H3,(H,21,23)/t11-/m0/s1. The lowest BCUT2D eigenvalue weighted by Gasteiger charge is -2.22. The maximum absolute atomic E-state index is 12.9. The summed E-state index contributed by atoms with van der Waals surface area (Å²) >= 11 is 7.91. The number of rotatable bonds is 3. The Balaban J connectivity index is 1.76. The number of halogens is 1. The third-order valence-corrected chi connectivity index (χ3v) is 5.66. The molecule has 1 amide bonds. The van der Waals surface area contributed by atoms with E-state index in [1.807, 2.05) is 30.0 Å². The minimum Gasteiger partial charge on any atom is -0.495 e. The summed E-state index contributed by atoms with van der Waals surface area (Å²) in [5, 5.41) is 4.98. The molecule has 0 fully saturated rings. The summed E-state index contributed by atoms with van der Waals surface area (Å²) in [6, 6.07) is 13.3. The van der Waals surface area contributed by atoms with Gasteiger partial charge in [-0.25, -0.2) is 0 Å². The lowest BCUT2D eigenvalue weighted by molar-refractivity contribution is 0.101. The summed E-state index contributed by atoms with van der Waals surface area (Å²) in [5.41, 5.74) is 2.35. The smallest absolute Gasteiger partial charge is 0.272 e. The first-order valence-electron chi connectivity index (χ1n) is 8.00. The molecule has 0 bridgehead atoms. The monoisotopic (exact) mass is 372 g/mol. The quantitative estimate of drug-likeness (QED) is 0.699. The Morgan fingerprint density at radius 2 is 2.16 bits per heavy atom. The molecule has 0 radical (unpaired) electrons. The van der Waals surface area contributed by atoms with Crippen LogP contribution in [0.3, 0.4) is 0 Å². The highest BCUT2D eigenvalue weighted by Crippen LogP contribution is 2.38. The molecule has 2 aromatic carbocycles. The number of aromatic nitrogens is 1. The summed E-state index contributed by atoms with van der Waals surface area (Å²) in [6.45, 7) is 2.98. The Morgan fingerprint density at radius 3 is 2.96 bits per heavy atom. The van der Waals surface area contributed by atoms with Crippen molar-refractivity contribution in [3.63, 3.8) is 0 Å². The fraction of sp³-hybridized carbons (Fsp3) is 0.211. The van der Waals surface area contributed by atoms with Crippen LogP contribution in [-0.4, -0.2) is 22.8 Å². The zero-order valence-electron chi connectivity index (χ0n) is 13.9. The van der Waals surface area contributed by atoms with Crippen LogP contribution in [0.15, 0.2) is 47.4 Å². The molecule has 1 atom stereocenters. The zero-order chi connectivity index (χ0) is 17.6. The predicted molar refractivity (Wildman–Crippen MR) is 103 cm³/mol. The predicted octanol–water partition coefficient (Wildman–Crippen LogP) is 5.05. The van der Waals surface area contributed by atoms with E-state index in [-0.39, 0.29) is 5.91 Å². The van der Waals surface area contributed by atoms with E-state index in [1.54, 1.807) is 25.3 Å². The van der Waals surface area contributed by atoms with Crippen molar-refractivity contribution < 1.29 is 9.53 Å². The van der Waals surface area contributed by atoms with Crippen molar-refractivity contribution in [2.45, 2.75) is 23.6 Å². The van der Waals surface area contributed by atoms with Crippen LogP contribution in [0.1, 0.15) is 17.4 Å². The number of benzene rings is 2. The largest absolute Gasteiger partial charge is 0.495 e. The van der Waals surface area contributed by atoms with Crippen LogP contribution in [0.5, 0.6) is 5.75 Å². The second-order valence-corrected chi connectivity index (χ2v) is 7.98. The lowest BCUT2D eigenvalue weighted by Crippen LogP contribution is -2.22. The van der Waals surface area contributed by atoms with E-state index in [1.165, 1.54) is 4.90 Å². The molecular formula is C19H17ClN2O2S. The summed E-state index contributed by atoms with van der Waals surface area (Å²) in [7, 11) is 1.57. The topological polar surface area (TPSA) is 43.3 Å². The second-order valence-electron chi connectivity index (χ2n) is 6.06. The Kier molecular flexibility index (Phi) is 4.13. The van der Waals surface area contributed by atoms with Gasteiger partial charge in [-0.2, -0.15) is 0 Å². The molecule has 0 aliphatic carbocycles. The van der Waals surface area contributed by atoms with Crippen LogP contribution in [0.4, 0.5) is 5.69 Å². The van der Waals surface area contributed by atoms with Gasteiger partial charge in [0.05, 0.1) is 18.3 Å². The number of methoxy groups -OCH3 is 1. The molecule has 6 heteroatoms. The van der Waals surface area contributed by atoms with Gasteiger partial charge in [0.15, 0.2) is 0 Å². The van der Waals surface area contributed by atoms with Gasteiger partial charge >= 0.3 is 0 Å². The summed E-state index contributed by atoms with van der Waals surface area (Å²) in [5.74, 6) is 0.416. The molecule has 4 nitrogen and oxygen atoms in total. The van der Waals surface area contributed by atoms with E-state index in [0.717, 1.165) is 17.4 Å². The number of para-hydroxylation sites is 1. The summed E-state index contributed by atoms with van der Waals surface area (Å²) in [4.78, 5) is 14.2. The van der Waals surface area contributed by atoms with Crippen LogP contribution < -0.4 is 10.1 Å². The minimum atomic E-state index is -0.165. The van der Waals surface area contributed by atoms with Crippen LogP contribution in [0.25, 0.3) is 10.9 Å². The molecule has 4 rings (SSSR count). The number of hydrogen-bond acceptors (Lipinski definition) is 3. The van der Waals surface area contributed by atoms with Gasteiger partial charge in [-0.15, -0.1) is 11.8 Å². The maximum atomic E-state index is 12.9.